The molecule has 1 unspecified atom stereocenters. The molecule has 0 saturated carbocycles. The molecule has 0 spiro atoms. The van der Waals surface area contributed by atoms with E-state index in [4.69, 9.17) is 5.41 Å². The van der Waals surface area contributed by atoms with E-state index in [2.05, 4.69) is 0 Å². The first-order valence-electron chi connectivity index (χ1n) is 8.29. The average Bonchev–Trinajstić information content (AvgIpc) is 2.95. The summed E-state index contributed by atoms with van der Waals surface area (Å²) in [5.74, 6) is 0. The Morgan fingerprint density at radius 1 is 0.760 bits per heavy atom. The summed E-state index contributed by atoms with van der Waals surface area (Å²) in [5.41, 5.74) is 4.04. The Balaban J connectivity index is 1.85. The monoisotopic (exact) mass is 329 g/mol. The highest BCUT2D eigenvalue weighted by atomic mass is 16.3. The fourth-order valence-corrected chi connectivity index (χ4v) is 3.21. The molecule has 2 N–H and O–H groups in total. The van der Waals surface area contributed by atoms with Gasteiger partial charge in [-0.25, -0.2) is 0 Å². The normalized spacial score (nSPS) is 12.4. The Kier molecular flexibility index (Phi) is 3.96. The molecule has 1 atom stereocenters. The molecule has 25 heavy (non-hydrogen) atoms. The van der Waals surface area contributed by atoms with Crippen molar-refractivity contribution in [3.8, 4) is 5.69 Å². The third-order valence-corrected chi connectivity index (χ3v) is 4.44. The molecular weight excluding hydrogens is 310 g/mol. The van der Waals surface area contributed by atoms with Gasteiger partial charge in [0, 0.05) is 5.69 Å². The summed E-state index contributed by atoms with van der Waals surface area (Å²) < 4.78 is 3.77. The Morgan fingerprint density at radius 3 is 2.00 bits per heavy atom. The molecule has 4 aromatic rings. The lowest BCUT2D eigenvalue weighted by Crippen LogP contribution is -2.25. The summed E-state index contributed by atoms with van der Waals surface area (Å²) in [6, 6.07) is 27.4. The second-order valence-corrected chi connectivity index (χ2v) is 6.02. The number of para-hydroxylation sites is 3. The SMILES string of the molecule is N=c1n(CC(O)c2ccccc2)c2ccccc2n1-c1ccccc1. The van der Waals surface area contributed by atoms with E-state index in [1.807, 2.05) is 94.1 Å². The van der Waals surface area contributed by atoms with Gasteiger partial charge in [0.15, 0.2) is 0 Å². The van der Waals surface area contributed by atoms with Gasteiger partial charge >= 0.3 is 0 Å². The number of nitrogens with zero attached hydrogens (tertiary/aromatic N) is 2. The van der Waals surface area contributed by atoms with Gasteiger partial charge in [0.1, 0.15) is 0 Å². The van der Waals surface area contributed by atoms with Gasteiger partial charge in [0.25, 0.3) is 0 Å². The van der Waals surface area contributed by atoms with Crippen LogP contribution < -0.4 is 5.62 Å². The van der Waals surface area contributed by atoms with Gasteiger partial charge in [-0.2, -0.15) is 0 Å². The van der Waals surface area contributed by atoms with Crippen molar-refractivity contribution in [3.63, 3.8) is 0 Å². The van der Waals surface area contributed by atoms with Crippen LogP contribution in [0.1, 0.15) is 11.7 Å². The number of hydrogen-bond acceptors (Lipinski definition) is 2. The lowest BCUT2D eigenvalue weighted by atomic mass is 10.1. The fraction of sp³-hybridized carbons (Fsp3) is 0.0952. The van der Waals surface area contributed by atoms with Crippen LogP contribution in [0.2, 0.25) is 0 Å². The van der Waals surface area contributed by atoms with Crippen molar-refractivity contribution < 1.29 is 5.11 Å². The highest BCUT2D eigenvalue weighted by Crippen LogP contribution is 2.20. The number of fused-ring (bicyclic) bond motifs is 1. The van der Waals surface area contributed by atoms with Gasteiger partial charge in [-0.05, 0) is 29.8 Å². The average molecular weight is 329 g/mol. The Morgan fingerprint density at radius 2 is 1.32 bits per heavy atom. The lowest BCUT2D eigenvalue weighted by molar-refractivity contribution is 0.156. The van der Waals surface area contributed by atoms with E-state index in [1.165, 1.54) is 0 Å². The zero-order chi connectivity index (χ0) is 17.2. The molecule has 0 aliphatic rings. The second-order valence-electron chi connectivity index (χ2n) is 6.02. The fourth-order valence-electron chi connectivity index (χ4n) is 3.21. The summed E-state index contributed by atoms with van der Waals surface area (Å²) in [6.45, 7) is 0.337. The molecule has 0 aliphatic heterocycles. The summed E-state index contributed by atoms with van der Waals surface area (Å²) in [6.07, 6.45) is -0.662. The standard InChI is InChI=1S/C21H19N3O/c22-21-23(15-20(25)16-9-3-1-4-10-16)18-13-7-8-14-19(18)24(21)17-11-5-2-6-12-17/h1-14,20,22,25H,15H2. The van der Waals surface area contributed by atoms with Crippen LogP contribution in [0.3, 0.4) is 0 Å². The minimum absolute atomic E-state index is 0.337. The quantitative estimate of drug-likeness (QED) is 0.590. The number of rotatable bonds is 4. The highest BCUT2D eigenvalue weighted by Gasteiger charge is 2.15. The Bertz CT molecular complexity index is 1050. The molecule has 1 aromatic heterocycles. The molecule has 0 bridgehead atoms. The third-order valence-electron chi connectivity index (χ3n) is 4.44. The van der Waals surface area contributed by atoms with Gasteiger partial charge in [0.2, 0.25) is 5.62 Å². The summed E-state index contributed by atoms with van der Waals surface area (Å²) in [4.78, 5) is 0. The molecule has 3 aromatic carbocycles. The minimum Gasteiger partial charge on any atom is -0.387 e. The van der Waals surface area contributed by atoms with Crippen molar-refractivity contribution in [1.29, 1.82) is 5.41 Å². The smallest absolute Gasteiger partial charge is 0.207 e. The van der Waals surface area contributed by atoms with Crippen molar-refractivity contribution >= 4 is 11.0 Å². The molecule has 0 fully saturated rings. The molecule has 0 amide bonds. The topological polar surface area (TPSA) is 53.9 Å². The second kappa shape index (κ2) is 6.42. The number of hydrogen-bond donors (Lipinski definition) is 2. The van der Waals surface area contributed by atoms with Crippen LogP contribution in [-0.4, -0.2) is 14.2 Å². The highest BCUT2D eigenvalue weighted by molar-refractivity contribution is 5.78. The first kappa shape index (κ1) is 15.4. The van der Waals surface area contributed by atoms with E-state index in [0.29, 0.717) is 12.2 Å². The van der Waals surface area contributed by atoms with E-state index in [1.54, 1.807) is 0 Å². The molecule has 4 rings (SSSR count). The Hall–Kier alpha value is -3.11. The number of aromatic nitrogens is 2. The molecule has 124 valence electrons. The minimum atomic E-state index is -0.662. The van der Waals surface area contributed by atoms with Gasteiger partial charge in [0.05, 0.1) is 23.7 Å². The predicted octanol–water partition coefficient (Wildman–Crippen LogP) is 3.65. The maximum atomic E-state index is 10.6. The molecule has 4 heteroatoms. The zero-order valence-corrected chi connectivity index (χ0v) is 13.7. The molecule has 0 radical (unpaired) electrons. The number of benzene rings is 3. The largest absolute Gasteiger partial charge is 0.387 e. The lowest BCUT2D eigenvalue weighted by Gasteiger charge is -2.12. The van der Waals surface area contributed by atoms with Gasteiger partial charge in [-0.3, -0.25) is 9.98 Å². The van der Waals surface area contributed by atoms with Crippen LogP contribution in [0.4, 0.5) is 0 Å². The third kappa shape index (κ3) is 2.77. The summed E-state index contributed by atoms with van der Waals surface area (Å²) in [7, 11) is 0. The van der Waals surface area contributed by atoms with Gasteiger partial charge in [-0.1, -0.05) is 60.7 Å². The molecular formula is C21H19N3O. The van der Waals surface area contributed by atoms with Gasteiger partial charge in [-0.15, -0.1) is 0 Å². The van der Waals surface area contributed by atoms with E-state index in [9.17, 15) is 5.11 Å². The van der Waals surface area contributed by atoms with Crippen LogP contribution in [0, 0.1) is 5.41 Å². The van der Waals surface area contributed by atoms with Crippen LogP contribution in [-0.2, 0) is 6.54 Å². The number of nitrogens with one attached hydrogen (secondary N) is 1. The van der Waals surface area contributed by atoms with Crippen molar-refractivity contribution in [2.45, 2.75) is 12.6 Å². The maximum absolute atomic E-state index is 10.6. The number of aliphatic hydroxyl groups is 1. The summed E-state index contributed by atoms with van der Waals surface area (Å²) >= 11 is 0. The van der Waals surface area contributed by atoms with Crippen molar-refractivity contribution in [2.75, 3.05) is 0 Å². The van der Waals surface area contributed by atoms with Crippen molar-refractivity contribution in [2.24, 2.45) is 0 Å². The molecule has 0 aliphatic carbocycles. The van der Waals surface area contributed by atoms with Gasteiger partial charge < -0.3 is 9.67 Å². The number of imidazole rings is 1. The first-order valence-corrected chi connectivity index (χ1v) is 8.29. The van der Waals surface area contributed by atoms with Crippen LogP contribution >= 0.6 is 0 Å². The molecule has 0 saturated heterocycles. The van der Waals surface area contributed by atoms with Crippen LogP contribution in [0.15, 0.2) is 84.9 Å². The number of aliphatic hydroxyl groups excluding tert-OH is 1. The summed E-state index contributed by atoms with van der Waals surface area (Å²) in [5, 5.41) is 19.3. The van der Waals surface area contributed by atoms with Crippen molar-refractivity contribution in [1.82, 2.24) is 9.13 Å². The zero-order valence-electron chi connectivity index (χ0n) is 13.7. The van der Waals surface area contributed by atoms with Crippen LogP contribution in [0.25, 0.3) is 16.7 Å². The van der Waals surface area contributed by atoms with Crippen LogP contribution in [0.5, 0.6) is 0 Å². The van der Waals surface area contributed by atoms with E-state index in [-0.39, 0.29) is 0 Å². The van der Waals surface area contributed by atoms with E-state index < -0.39 is 6.10 Å². The molecule has 1 heterocycles. The predicted molar refractivity (Wildman–Crippen MR) is 98.5 cm³/mol. The first-order chi connectivity index (χ1) is 12.3. The van der Waals surface area contributed by atoms with E-state index >= 15 is 0 Å². The van der Waals surface area contributed by atoms with Crippen molar-refractivity contribution in [3.05, 3.63) is 96.1 Å². The maximum Gasteiger partial charge on any atom is 0.207 e. The molecule has 4 nitrogen and oxygen atoms in total. The van der Waals surface area contributed by atoms with E-state index in [0.717, 1.165) is 22.3 Å². The Labute approximate surface area is 145 Å².